The van der Waals surface area contributed by atoms with Crippen molar-refractivity contribution < 1.29 is 0 Å². The van der Waals surface area contributed by atoms with Crippen molar-refractivity contribution in [1.82, 2.24) is 10.3 Å². The fourth-order valence-corrected chi connectivity index (χ4v) is 3.24. The third-order valence-corrected chi connectivity index (χ3v) is 4.47. The Labute approximate surface area is 118 Å². The number of nitrogens with zero attached hydrogens (tertiary/aromatic N) is 2. The highest BCUT2D eigenvalue weighted by atomic mass is 35.5. The first-order valence-electron chi connectivity index (χ1n) is 6.76. The number of hydrogen-bond donors (Lipinski definition) is 1. The van der Waals surface area contributed by atoms with Gasteiger partial charge >= 0.3 is 0 Å². The second-order valence-electron chi connectivity index (χ2n) is 5.31. The first kappa shape index (κ1) is 12.7. The summed E-state index contributed by atoms with van der Waals surface area (Å²) in [6, 6.07) is 4.52. The van der Waals surface area contributed by atoms with Crippen LogP contribution in [0.5, 0.6) is 0 Å². The molecule has 2 aliphatic rings. The summed E-state index contributed by atoms with van der Waals surface area (Å²) >= 11 is 5.88. The molecule has 2 heterocycles. The molecule has 1 fully saturated rings. The molecule has 3 nitrogen and oxygen atoms in total. The molecule has 4 heteroatoms. The topological polar surface area (TPSA) is 48.7 Å². The quantitative estimate of drug-likeness (QED) is 0.800. The molecule has 1 saturated heterocycles. The van der Waals surface area contributed by atoms with Gasteiger partial charge in [-0.1, -0.05) is 17.7 Å². The minimum atomic E-state index is 0.288. The maximum absolute atomic E-state index is 9.02. The summed E-state index contributed by atoms with van der Waals surface area (Å²) in [6.45, 7) is 1.12. The molecule has 1 aromatic rings. The Morgan fingerprint density at radius 1 is 1.47 bits per heavy atom. The lowest BCUT2D eigenvalue weighted by atomic mass is 9.78. The molecular formula is C15H16ClN3. The van der Waals surface area contributed by atoms with Gasteiger partial charge in [0.1, 0.15) is 11.2 Å². The van der Waals surface area contributed by atoms with Crippen LogP contribution in [0.4, 0.5) is 0 Å². The van der Waals surface area contributed by atoms with Crippen molar-refractivity contribution in [2.45, 2.75) is 31.7 Å². The predicted molar refractivity (Wildman–Crippen MR) is 75.7 cm³/mol. The van der Waals surface area contributed by atoms with Crippen LogP contribution in [0.2, 0.25) is 5.15 Å². The highest BCUT2D eigenvalue weighted by molar-refractivity contribution is 6.30. The molecule has 1 aromatic heterocycles. The Hall–Kier alpha value is -1.37. The van der Waals surface area contributed by atoms with E-state index >= 15 is 0 Å². The molecule has 1 N–H and O–H groups in total. The molecule has 3 rings (SSSR count). The minimum Gasteiger partial charge on any atom is -0.313 e. The van der Waals surface area contributed by atoms with Crippen LogP contribution in [0.15, 0.2) is 18.3 Å². The monoisotopic (exact) mass is 273 g/mol. The van der Waals surface area contributed by atoms with Crippen LogP contribution in [0.1, 0.15) is 36.8 Å². The van der Waals surface area contributed by atoms with E-state index in [9.17, 15) is 0 Å². The first-order chi connectivity index (χ1) is 9.28. The summed E-state index contributed by atoms with van der Waals surface area (Å²) in [6.07, 6.45) is 8.84. The Morgan fingerprint density at radius 3 is 3.21 bits per heavy atom. The van der Waals surface area contributed by atoms with Crippen molar-refractivity contribution in [2.75, 3.05) is 6.54 Å². The first-order valence-corrected chi connectivity index (χ1v) is 7.14. The summed E-state index contributed by atoms with van der Waals surface area (Å²) in [4.78, 5) is 4.11. The molecular weight excluding hydrogens is 258 g/mol. The molecule has 0 aromatic carbocycles. The van der Waals surface area contributed by atoms with Gasteiger partial charge in [0, 0.05) is 12.2 Å². The SMILES string of the molecule is N#Cc1cc(C2=CCC3CCCNC3C2)cnc1Cl. The summed E-state index contributed by atoms with van der Waals surface area (Å²) in [5.41, 5.74) is 2.78. The number of nitrogens with one attached hydrogen (secondary N) is 1. The number of aromatic nitrogens is 1. The van der Waals surface area contributed by atoms with Gasteiger partial charge in [-0.2, -0.15) is 5.26 Å². The maximum atomic E-state index is 9.02. The normalized spacial score (nSPS) is 26.2. The van der Waals surface area contributed by atoms with Crippen LogP contribution >= 0.6 is 11.6 Å². The largest absolute Gasteiger partial charge is 0.313 e. The molecule has 0 radical (unpaired) electrons. The number of piperidine rings is 1. The molecule has 1 aliphatic carbocycles. The number of nitriles is 1. The van der Waals surface area contributed by atoms with Crippen molar-refractivity contribution in [3.8, 4) is 6.07 Å². The zero-order chi connectivity index (χ0) is 13.2. The Kier molecular flexibility index (Phi) is 3.54. The van der Waals surface area contributed by atoms with E-state index in [0.717, 1.165) is 30.9 Å². The van der Waals surface area contributed by atoms with Gasteiger partial charge in [-0.3, -0.25) is 0 Å². The van der Waals surface area contributed by atoms with Gasteiger partial charge in [0.05, 0.1) is 5.56 Å². The second-order valence-corrected chi connectivity index (χ2v) is 5.66. The van der Waals surface area contributed by atoms with Gasteiger partial charge in [-0.15, -0.1) is 0 Å². The van der Waals surface area contributed by atoms with Gasteiger partial charge in [0.25, 0.3) is 0 Å². The minimum absolute atomic E-state index is 0.288. The summed E-state index contributed by atoms with van der Waals surface area (Å²) < 4.78 is 0. The molecule has 19 heavy (non-hydrogen) atoms. The Bertz CT molecular complexity index is 559. The fourth-order valence-electron chi connectivity index (χ4n) is 3.09. The van der Waals surface area contributed by atoms with Crippen LogP contribution < -0.4 is 5.32 Å². The third kappa shape index (κ3) is 2.51. The summed E-state index contributed by atoms with van der Waals surface area (Å²) in [5.74, 6) is 0.771. The maximum Gasteiger partial charge on any atom is 0.146 e. The van der Waals surface area contributed by atoms with E-state index in [1.165, 1.54) is 18.4 Å². The summed E-state index contributed by atoms with van der Waals surface area (Å²) in [5, 5.41) is 12.9. The third-order valence-electron chi connectivity index (χ3n) is 4.16. The fraction of sp³-hybridized carbons (Fsp3) is 0.467. The number of fused-ring (bicyclic) bond motifs is 1. The highest BCUT2D eigenvalue weighted by Gasteiger charge is 2.28. The van der Waals surface area contributed by atoms with E-state index in [4.69, 9.17) is 16.9 Å². The summed E-state index contributed by atoms with van der Waals surface area (Å²) in [7, 11) is 0. The van der Waals surface area contributed by atoms with Gasteiger partial charge in [-0.25, -0.2) is 4.98 Å². The lowest BCUT2D eigenvalue weighted by Gasteiger charge is -2.36. The van der Waals surface area contributed by atoms with Crippen molar-refractivity contribution in [3.05, 3.63) is 34.6 Å². The van der Waals surface area contributed by atoms with Crippen molar-refractivity contribution in [3.63, 3.8) is 0 Å². The van der Waals surface area contributed by atoms with Crippen LogP contribution in [-0.4, -0.2) is 17.6 Å². The Morgan fingerprint density at radius 2 is 2.37 bits per heavy atom. The second kappa shape index (κ2) is 5.32. The standard InChI is InChI=1S/C15H16ClN3/c16-15-12(8-17)6-13(9-19-15)11-4-3-10-2-1-5-18-14(10)7-11/h4,6,9-10,14,18H,1-3,5,7H2. The highest BCUT2D eigenvalue weighted by Crippen LogP contribution is 2.34. The van der Waals surface area contributed by atoms with E-state index in [-0.39, 0.29) is 5.15 Å². The van der Waals surface area contributed by atoms with E-state index in [1.807, 2.05) is 6.07 Å². The average Bonchev–Trinajstić information content (AvgIpc) is 2.47. The molecule has 2 atom stereocenters. The van der Waals surface area contributed by atoms with E-state index in [2.05, 4.69) is 22.4 Å². The molecule has 1 aliphatic heterocycles. The lowest BCUT2D eigenvalue weighted by Crippen LogP contribution is -2.42. The number of allylic oxidation sites excluding steroid dienone is 1. The zero-order valence-electron chi connectivity index (χ0n) is 10.7. The molecule has 98 valence electrons. The number of pyridine rings is 1. The van der Waals surface area contributed by atoms with Crippen molar-refractivity contribution in [2.24, 2.45) is 5.92 Å². The van der Waals surface area contributed by atoms with Crippen LogP contribution in [0, 0.1) is 17.2 Å². The molecule has 0 saturated carbocycles. The predicted octanol–water partition coefficient (Wildman–Crippen LogP) is 3.15. The lowest BCUT2D eigenvalue weighted by molar-refractivity contribution is 0.278. The molecule has 0 spiro atoms. The molecule has 0 amide bonds. The van der Waals surface area contributed by atoms with Gasteiger partial charge in [-0.05, 0) is 55.3 Å². The van der Waals surface area contributed by atoms with Crippen LogP contribution in [-0.2, 0) is 0 Å². The molecule has 0 bridgehead atoms. The van der Waals surface area contributed by atoms with Crippen molar-refractivity contribution >= 4 is 17.2 Å². The van der Waals surface area contributed by atoms with Crippen molar-refractivity contribution in [1.29, 1.82) is 5.26 Å². The number of halogens is 1. The van der Waals surface area contributed by atoms with Gasteiger partial charge in [0.15, 0.2) is 0 Å². The number of hydrogen-bond acceptors (Lipinski definition) is 3. The smallest absolute Gasteiger partial charge is 0.146 e. The van der Waals surface area contributed by atoms with Crippen LogP contribution in [0.25, 0.3) is 5.57 Å². The van der Waals surface area contributed by atoms with Crippen LogP contribution in [0.3, 0.4) is 0 Å². The average molecular weight is 274 g/mol. The van der Waals surface area contributed by atoms with E-state index in [1.54, 1.807) is 6.20 Å². The number of rotatable bonds is 1. The van der Waals surface area contributed by atoms with Gasteiger partial charge < -0.3 is 5.32 Å². The van der Waals surface area contributed by atoms with Gasteiger partial charge in [0.2, 0.25) is 0 Å². The molecule has 2 unspecified atom stereocenters. The zero-order valence-corrected chi connectivity index (χ0v) is 11.5. The van der Waals surface area contributed by atoms with E-state index in [0.29, 0.717) is 11.6 Å². The van der Waals surface area contributed by atoms with E-state index < -0.39 is 0 Å². The Balaban J connectivity index is 1.86.